The average Bonchev–Trinajstić information content (AvgIpc) is 2.60. The first-order valence-electron chi connectivity index (χ1n) is 8.77. The molecule has 128 valence electrons. The van der Waals surface area contributed by atoms with Gasteiger partial charge in [-0.2, -0.15) is 0 Å². The van der Waals surface area contributed by atoms with Crippen molar-refractivity contribution in [2.45, 2.75) is 57.4 Å². The fourth-order valence-corrected chi connectivity index (χ4v) is 3.50. The predicted molar refractivity (Wildman–Crippen MR) is 93.6 cm³/mol. The molecule has 1 aliphatic rings. The lowest BCUT2D eigenvalue weighted by Crippen LogP contribution is -2.46. The van der Waals surface area contributed by atoms with E-state index in [0.29, 0.717) is 18.9 Å². The van der Waals surface area contributed by atoms with Crippen LogP contribution in [0, 0.1) is 5.92 Å². The van der Waals surface area contributed by atoms with Crippen LogP contribution in [-0.2, 0) is 4.79 Å². The Morgan fingerprint density at radius 3 is 2.48 bits per heavy atom. The van der Waals surface area contributed by atoms with Gasteiger partial charge in [-0.1, -0.05) is 38.3 Å². The van der Waals surface area contributed by atoms with Gasteiger partial charge in [0.05, 0.1) is 7.11 Å². The lowest BCUT2D eigenvalue weighted by Gasteiger charge is -2.30. The van der Waals surface area contributed by atoms with Crippen LogP contribution in [-0.4, -0.2) is 25.6 Å². The fourth-order valence-electron chi connectivity index (χ4n) is 3.50. The van der Waals surface area contributed by atoms with E-state index in [1.165, 1.54) is 32.1 Å². The standard InChI is InChI=1S/C19H30N2O2/c1-14(15-8-10-17(23-2)11-9-15)12-19(22)21-18(13-20)16-6-4-3-5-7-16/h8-11,14,16,18H,3-7,12-13,20H2,1-2H3,(H,21,22). The summed E-state index contributed by atoms with van der Waals surface area (Å²) in [5, 5.41) is 3.17. The maximum absolute atomic E-state index is 12.4. The highest BCUT2D eigenvalue weighted by Gasteiger charge is 2.24. The number of hydrogen-bond acceptors (Lipinski definition) is 3. The van der Waals surface area contributed by atoms with E-state index in [-0.39, 0.29) is 17.9 Å². The molecule has 0 radical (unpaired) electrons. The van der Waals surface area contributed by atoms with Gasteiger partial charge in [0, 0.05) is 19.0 Å². The van der Waals surface area contributed by atoms with E-state index >= 15 is 0 Å². The Hall–Kier alpha value is -1.55. The van der Waals surface area contributed by atoms with Gasteiger partial charge in [-0.05, 0) is 42.4 Å². The molecule has 1 aromatic carbocycles. The van der Waals surface area contributed by atoms with Crippen LogP contribution in [0.5, 0.6) is 5.75 Å². The van der Waals surface area contributed by atoms with Crippen molar-refractivity contribution in [3.63, 3.8) is 0 Å². The van der Waals surface area contributed by atoms with E-state index in [4.69, 9.17) is 10.5 Å². The van der Waals surface area contributed by atoms with Gasteiger partial charge in [-0.15, -0.1) is 0 Å². The van der Waals surface area contributed by atoms with Crippen LogP contribution in [0.4, 0.5) is 0 Å². The number of benzene rings is 1. The molecule has 0 aliphatic heterocycles. The Kier molecular flexibility index (Phi) is 6.90. The van der Waals surface area contributed by atoms with Gasteiger partial charge >= 0.3 is 0 Å². The van der Waals surface area contributed by atoms with E-state index in [9.17, 15) is 4.79 Å². The molecule has 0 heterocycles. The molecule has 0 spiro atoms. The van der Waals surface area contributed by atoms with Gasteiger partial charge in [-0.3, -0.25) is 4.79 Å². The summed E-state index contributed by atoms with van der Waals surface area (Å²) in [6.07, 6.45) is 6.72. The van der Waals surface area contributed by atoms with Crippen LogP contribution in [0.2, 0.25) is 0 Å². The molecule has 1 amide bonds. The van der Waals surface area contributed by atoms with Gasteiger partial charge in [-0.25, -0.2) is 0 Å². The van der Waals surface area contributed by atoms with E-state index in [2.05, 4.69) is 12.2 Å². The fraction of sp³-hybridized carbons (Fsp3) is 0.632. The summed E-state index contributed by atoms with van der Waals surface area (Å²) < 4.78 is 5.17. The Bertz CT molecular complexity index is 481. The van der Waals surface area contributed by atoms with Gasteiger partial charge in [0.2, 0.25) is 5.91 Å². The van der Waals surface area contributed by atoms with Crippen molar-refractivity contribution < 1.29 is 9.53 Å². The maximum atomic E-state index is 12.4. The first-order chi connectivity index (χ1) is 11.1. The molecule has 2 rings (SSSR count). The lowest BCUT2D eigenvalue weighted by atomic mass is 9.83. The van der Waals surface area contributed by atoms with E-state index in [1.807, 2.05) is 24.3 Å². The Balaban J connectivity index is 1.86. The second-order valence-electron chi connectivity index (χ2n) is 6.69. The molecular formula is C19H30N2O2. The largest absolute Gasteiger partial charge is 0.497 e. The van der Waals surface area contributed by atoms with E-state index in [0.717, 1.165) is 11.3 Å². The lowest BCUT2D eigenvalue weighted by molar-refractivity contribution is -0.122. The quantitative estimate of drug-likeness (QED) is 0.811. The first kappa shape index (κ1) is 17.8. The van der Waals surface area contributed by atoms with E-state index < -0.39 is 0 Å². The zero-order valence-electron chi connectivity index (χ0n) is 14.4. The van der Waals surface area contributed by atoms with Crippen LogP contribution in [0.25, 0.3) is 0 Å². The number of nitrogens with two attached hydrogens (primary N) is 1. The number of methoxy groups -OCH3 is 1. The minimum Gasteiger partial charge on any atom is -0.497 e. The van der Waals surface area contributed by atoms with Crippen LogP contribution in [0.1, 0.15) is 56.9 Å². The van der Waals surface area contributed by atoms with Crippen LogP contribution < -0.4 is 15.8 Å². The van der Waals surface area contributed by atoms with Crippen molar-refractivity contribution >= 4 is 5.91 Å². The van der Waals surface area contributed by atoms with Crippen LogP contribution in [0.15, 0.2) is 24.3 Å². The molecular weight excluding hydrogens is 288 g/mol. The predicted octanol–water partition coefficient (Wildman–Crippen LogP) is 3.21. The molecule has 1 saturated carbocycles. The zero-order valence-corrected chi connectivity index (χ0v) is 14.4. The van der Waals surface area contributed by atoms with Crippen LogP contribution in [0.3, 0.4) is 0 Å². The first-order valence-corrected chi connectivity index (χ1v) is 8.77. The second kappa shape index (κ2) is 8.92. The summed E-state index contributed by atoms with van der Waals surface area (Å²) >= 11 is 0. The van der Waals surface area contributed by atoms with Gasteiger partial charge in [0.15, 0.2) is 0 Å². The molecule has 3 N–H and O–H groups in total. The number of ether oxygens (including phenoxy) is 1. The summed E-state index contributed by atoms with van der Waals surface area (Å²) in [6, 6.07) is 8.06. The second-order valence-corrected chi connectivity index (χ2v) is 6.69. The summed E-state index contributed by atoms with van der Waals surface area (Å²) in [5.41, 5.74) is 7.05. The number of carbonyl (C=O) groups is 1. The van der Waals surface area contributed by atoms with Crippen molar-refractivity contribution in [1.29, 1.82) is 0 Å². The molecule has 2 atom stereocenters. The van der Waals surface area contributed by atoms with Gasteiger partial charge in [0.1, 0.15) is 5.75 Å². The molecule has 0 saturated heterocycles. The summed E-state index contributed by atoms with van der Waals surface area (Å²) in [4.78, 5) is 12.4. The molecule has 1 aliphatic carbocycles. The number of nitrogens with one attached hydrogen (secondary N) is 1. The average molecular weight is 318 g/mol. The van der Waals surface area contributed by atoms with Crippen molar-refractivity contribution in [2.75, 3.05) is 13.7 Å². The molecule has 1 aromatic rings. The van der Waals surface area contributed by atoms with Crippen molar-refractivity contribution in [1.82, 2.24) is 5.32 Å². The van der Waals surface area contributed by atoms with Gasteiger partial charge < -0.3 is 15.8 Å². The summed E-state index contributed by atoms with van der Waals surface area (Å²) in [7, 11) is 1.66. The topological polar surface area (TPSA) is 64.3 Å². The summed E-state index contributed by atoms with van der Waals surface area (Å²) in [6.45, 7) is 2.62. The van der Waals surface area contributed by atoms with E-state index in [1.54, 1.807) is 7.11 Å². The minimum atomic E-state index is 0.106. The monoisotopic (exact) mass is 318 g/mol. The highest BCUT2D eigenvalue weighted by Crippen LogP contribution is 2.27. The van der Waals surface area contributed by atoms with Crippen LogP contribution >= 0.6 is 0 Å². The number of amides is 1. The molecule has 4 nitrogen and oxygen atoms in total. The molecule has 0 bridgehead atoms. The number of rotatable bonds is 7. The molecule has 4 heteroatoms. The van der Waals surface area contributed by atoms with Crippen molar-refractivity contribution in [3.05, 3.63) is 29.8 Å². The maximum Gasteiger partial charge on any atom is 0.220 e. The van der Waals surface area contributed by atoms with Crippen molar-refractivity contribution in [3.8, 4) is 5.75 Å². The SMILES string of the molecule is COc1ccc(C(C)CC(=O)NC(CN)C2CCCCC2)cc1. The number of hydrogen-bond donors (Lipinski definition) is 2. The molecule has 0 aromatic heterocycles. The Morgan fingerprint density at radius 2 is 1.91 bits per heavy atom. The normalized spacial score (nSPS) is 18.2. The van der Waals surface area contributed by atoms with Gasteiger partial charge in [0.25, 0.3) is 0 Å². The third-order valence-corrected chi connectivity index (χ3v) is 5.00. The molecule has 1 fully saturated rings. The Labute approximate surface area is 139 Å². The highest BCUT2D eigenvalue weighted by molar-refractivity contribution is 5.77. The van der Waals surface area contributed by atoms with Crippen molar-refractivity contribution in [2.24, 2.45) is 11.7 Å². The molecule has 2 unspecified atom stereocenters. The number of carbonyl (C=O) groups excluding carboxylic acids is 1. The zero-order chi connectivity index (χ0) is 16.7. The highest BCUT2D eigenvalue weighted by atomic mass is 16.5. The third kappa shape index (κ3) is 5.24. The minimum absolute atomic E-state index is 0.106. The molecule has 23 heavy (non-hydrogen) atoms. The smallest absolute Gasteiger partial charge is 0.220 e. The third-order valence-electron chi connectivity index (χ3n) is 5.00. The summed E-state index contributed by atoms with van der Waals surface area (Å²) in [5.74, 6) is 1.68. The Morgan fingerprint density at radius 1 is 1.26 bits per heavy atom.